The third kappa shape index (κ3) is 4.55. The molecule has 21 heavy (non-hydrogen) atoms. The van der Waals surface area contributed by atoms with Crippen molar-refractivity contribution in [2.75, 3.05) is 14.2 Å². The molecule has 0 amide bonds. The van der Waals surface area contributed by atoms with Crippen molar-refractivity contribution in [1.82, 2.24) is 0 Å². The number of benzene rings is 1. The first-order valence-electron chi connectivity index (χ1n) is 5.73. The number of esters is 2. The molecule has 0 heterocycles. The van der Waals surface area contributed by atoms with Gasteiger partial charge < -0.3 is 14.2 Å². The Morgan fingerprint density at radius 1 is 1.33 bits per heavy atom. The summed E-state index contributed by atoms with van der Waals surface area (Å²) in [6, 6.07) is 4.53. The Balaban J connectivity index is 3.25. The van der Waals surface area contributed by atoms with Crippen molar-refractivity contribution < 1.29 is 23.8 Å². The van der Waals surface area contributed by atoms with Gasteiger partial charge in [0.1, 0.15) is 17.2 Å². The van der Waals surface area contributed by atoms with E-state index in [-0.39, 0.29) is 5.70 Å². The lowest BCUT2D eigenvalue weighted by atomic mass is 10.1. The van der Waals surface area contributed by atoms with E-state index in [4.69, 9.17) is 15.0 Å². The van der Waals surface area contributed by atoms with E-state index in [0.29, 0.717) is 17.1 Å². The molecule has 1 rings (SSSR count). The standard InChI is InChI=1S/C13H13N3O5/c1-8(17)21-10-5-4-9(12(7-10)19-2)6-11(15-16-14)13(18)20-3/h4-7H,1-3H3/b11-6-. The number of carbonyl (C=O) groups excluding carboxylic acids is 2. The maximum absolute atomic E-state index is 11.5. The number of methoxy groups -OCH3 is 2. The van der Waals surface area contributed by atoms with Crippen molar-refractivity contribution in [3.63, 3.8) is 0 Å². The van der Waals surface area contributed by atoms with Crippen LogP contribution in [0.2, 0.25) is 0 Å². The molecule has 0 aliphatic heterocycles. The fourth-order valence-electron chi connectivity index (χ4n) is 1.47. The molecule has 1 aromatic rings. The minimum atomic E-state index is -0.779. The zero-order chi connectivity index (χ0) is 15.8. The van der Waals surface area contributed by atoms with Crippen LogP contribution < -0.4 is 9.47 Å². The average molecular weight is 291 g/mol. The highest BCUT2D eigenvalue weighted by atomic mass is 16.5. The van der Waals surface area contributed by atoms with Crippen molar-refractivity contribution in [2.24, 2.45) is 5.11 Å². The molecule has 0 aliphatic carbocycles. The lowest BCUT2D eigenvalue weighted by Crippen LogP contribution is -2.03. The minimum absolute atomic E-state index is 0.224. The summed E-state index contributed by atoms with van der Waals surface area (Å²) in [6.45, 7) is 1.28. The molecule has 1 aromatic carbocycles. The van der Waals surface area contributed by atoms with Crippen molar-refractivity contribution in [3.05, 3.63) is 39.9 Å². The van der Waals surface area contributed by atoms with E-state index in [1.54, 1.807) is 6.07 Å². The molecule has 0 unspecified atom stereocenters. The number of rotatable bonds is 5. The van der Waals surface area contributed by atoms with Gasteiger partial charge in [-0.05, 0) is 23.7 Å². The molecule has 0 saturated heterocycles. The molecule has 0 N–H and O–H groups in total. The predicted octanol–water partition coefficient (Wildman–Crippen LogP) is 2.44. The Morgan fingerprint density at radius 2 is 2.05 bits per heavy atom. The van der Waals surface area contributed by atoms with Gasteiger partial charge in [-0.15, -0.1) is 0 Å². The maximum Gasteiger partial charge on any atom is 0.340 e. The van der Waals surface area contributed by atoms with Gasteiger partial charge in [-0.3, -0.25) is 4.79 Å². The van der Waals surface area contributed by atoms with E-state index < -0.39 is 11.9 Å². The van der Waals surface area contributed by atoms with Crippen molar-refractivity contribution >= 4 is 18.0 Å². The molecule has 8 nitrogen and oxygen atoms in total. The lowest BCUT2D eigenvalue weighted by molar-refractivity contribution is -0.136. The molecule has 0 spiro atoms. The van der Waals surface area contributed by atoms with Gasteiger partial charge >= 0.3 is 11.9 Å². The second kappa shape index (κ2) is 7.56. The topological polar surface area (TPSA) is 111 Å². The van der Waals surface area contributed by atoms with Crippen LogP contribution >= 0.6 is 0 Å². The van der Waals surface area contributed by atoms with Crippen LogP contribution in [0.5, 0.6) is 11.5 Å². The highest BCUT2D eigenvalue weighted by Gasteiger charge is 2.11. The first-order valence-corrected chi connectivity index (χ1v) is 5.73. The van der Waals surface area contributed by atoms with Crippen LogP contribution in [0.4, 0.5) is 0 Å². The minimum Gasteiger partial charge on any atom is -0.496 e. The number of hydrogen-bond acceptors (Lipinski definition) is 6. The molecule has 0 aromatic heterocycles. The third-order valence-electron chi connectivity index (χ3n) is 2.31. The second-order valence-corrected chi connectivity index (χ2v) is 3.71. The molecule has 0 saturated carbocycles. The molecule has 0 aliphatic rings. The molecule has 8 heteroatoms. The lowest BCUT2D eigenvalue weighted by Gasteiger charge is -2.08. The van der Waals surface area contributed by atoms with E-state index in [2.05, 4.69) is 14.8 Å². The molecular weight excluding hydrogens is 278 g/mol. The summed E-state index contributed by atoms with van der Waals surface area (Å²) in [7, 11) is 2.58. The van der Waals surface area contributed by atoms with Crippen LogP contribution in [-0.2, 0) is 14.3 Å². The Kier molecular flexibility index (Phi) is 5.79. The van der Waals surface area contributed by atoms with Gasteiger partial charge in [0.2, 0.25) is 0 Å². The Bertz CT molecular complexity index is 633. The second-order valence-electron chi connectivity index (χ2n) is 3.71. The number of hydrogen-bond donors (Lipinski definition) is 0. The third-order valence-corrected chi connectivity index (χ3v) is 2.31. The average Bonchev–Trinajstić information content (AvgIpc) is 2.46. The summed E-state index contributed by atoms with van der Waals surface area (Å²) in [6.07, 6.45) is 1.31. The predicted molar refractivity (Wildman–Crippen MR) is 73.4 cm³/mol. The van der Waals surface area contributed by atoms with Gasteiger partial charge in [0.05, 0.1) is 14.2 Å². The largest absolute Gasteiger partial charge is 0.496 e. The zero-order valence-corrected chi connectivity index (χ0v) is 11.7. The monoisotopic (exact) mass is 291 g/mol. The van der Waals surface area contributed by atoms with E-state index in [9.17, 15) is 9.59 Å². The van der Waals surface area contributed by atoms with Gasteiger partial charge in [0, 0.05) is 23.5 Å². The smallest absolute Gasteiger partial charge is 0.340 e. The van der Waals surface area contributed by atoms with Crippen molar-refractivity contribution in [1.29, 1.82) is 0 Å². The Labute approximate surface area is 120 Å². The summed E-state index contributed by atoms with van der Waals surface area (Å²) >= 11 is 0. The Morgan fingerprint density at radius 3 is 2.57 bits per heavy atom. The molecule has 0 bridgehead atoms. The highest BCUT2D eigenvalue weighted by molar-refractivity contribution is 5.93. The summed E-state index contributed by atoms with van der Waals surface area (Å²) in [5.74, 6) is -0.619. The first-order chi connectivity index (χ1) is 10.0. The summed E-state index contributed by atoms with van der Waals surface area (Å²) in [5.41, 5.74) is 8.69. The van der Waals surface area contributed by atoms with Crippen molar-refractivity contribution in [3.8, 4) is 11.5 Å². The molecule has 0 fully saturated rings. The summed E-state index contributed by atoms with van der Waals surface area (Å²) in [4.78, 5) is 24.9. The van der Waals surface area contributed by atoms with Crippen LogP contribution in [0, 0.1) is 0 Å². The normalized spacial score (nSPS) is 10.3. The first kappa shape index (κ1) is 16.1. The van der Waals surface area contributed by atoms with E-state index in [1.165, 1.54) is 39.4 Å². The van der Waals surface area contributed by atoms with E-state index in [1.807, 2.05) is 0 Å². The number of carbonyl (C=O) groups is 2. The van der Waals surface area contributed by atoms with Crippen LogP contribution in [0.1, 0.15) is 12.5 Å². The number of nitrogens with zero attached hydrogens (tertiary/aromatic N) is 3. The van der Waals surface area contributed by atoms with E-state index >= 15 is 0 Å². The number of azide groups is 1. The molecule has 0 atom stereocenters. The van der Waals surface area contributed by atoms with Crippen LogP contribution in [0.15, 0.2) is 29.0 Å². The fourth-order valence-corrected chi connectivity index (χ4v) is 1.47. The van der Waals surface area contributed by atoms with Gasteiger partial charge in [-0.1, -0.05) is 5.11 Å². The molecular formula is C13H13N3O5. The quantitative estimate of drug-likeness (QED) is 0.206. The van der Waals surface area contributed by atoms with Crippen molar-refractivity contribution in [2.45, 2.75) is 6.92 Å². The summed E-state index contributed by atoms with van der Waals surface area (Å²) < 4.78 is 14.6. The highest BCUT2D eigenvalue weighted by Crippen LogP contribution is 2.27. The fraction of sp³-hybridized carbons (Fsp3) is 0.231. The Hall–Kier alpha value is -2.99. The maximum atomic E-state index is 11.5. The van der Waals surface area contributed by atoms with Crippen LogP contribution in [0.3, 0.4) is 0 Å². The van der Waals surface area contributed by atoms with E-state index in [0.717, 1.165) is 0 Å². The SMILES string of the molecule is COC(=O)/C(=C/c1ccc(OC(C)=O)cc1OC)N=[N+]=[N-]. The van der Waals surface area contributed by atoms with Gasteiger partial charge in [0.15, 0.2) is 0 Å². The van der Waals surface area contributed by atoms with Crippen LogP contribution in [-0.4, -0.2) is 26.2 Å². The zero-order valence-electron chi connectivity index (χ0n) is 11.7. The van der Waals surface area contributed by atoms with Gasteiger partial charge in [-0.2, -0.15) is 0 Å². The molecule has 110 valence electrons. The molecule has 0 radical (unpaired) electrons. The van der Waals surface area contributed by atoms with Gasteiger partial charge in [0.25, 0.3) is 0 Å². The van der Waals surface area contributed by atoms with Crippen LogP contribution in [0.25, 0.3) is 16.5 Å². The summed E-state index contributed by atoms with van der Waals surface area (Å²) in [5, 5.41) is 3.26. The van der Waals surface area contributed by atoms with Gasteiger partial charge in [-0.25, -0.2) is 4.79 Å². The number of ether oxygens (including phenoxy) is 3.